The molecule has 2 aromatic carbocycles. The van der Waals surface area contributed by atoms with Crippen molar-refractivity contribution in [2.45, 2.75) is 5.92 Å². The number of carbonyl (C=O) groups excluding carboxylic acids is 1. The average molecular weight is 416 g/mol. The number of halogens is 1. The molecular formula is C22H22ClNO5. The Morgan fingerprint density at radius 3 is 2.14 bits per heavy atom. The Bertz CT molecular complexity index is 1040. The van der Waals surface area contributed by atoms with Gasteiger partial charge >= 0.3 is 0 Å². The van der Waals surface area contributed by atoms with Crippen LogP contribution in [0.1, 0.15) is 17.2 Å². The van der Waals surface area contributed by atoms with Crippen molar-refractivity contribution in [2.75, 3.05) is 34.3 Å². The largest absolute Gasteiger partial charge is 0.493 e. The van der Waals surface area contributed by atoms with Gasteiger partial charge in [0.25, 0.3) is 0 Å². The zero-order valence-electron chi connectivity index (χ0n) is 16.7. The summed E-state index contributed by atoms with van der Waals surface area (Å²) in [6.07, 6.45) is 1.67. The van der Waals surface area contributed by atoms with Crippen molar-refractivity contribution in [2.24, 2.45) is 0 Å². The minimum atomic E-state index is -0.672. The van der Waals surface area contributed by atoms with E-state index in [4.69, 9.17) is 30.5 Å². The number of nitrogens with zero attached hydrogens (tertiary/aromatic N) is 1. The maximum absolute atomic E-state index is 12.9. The molecule has 0 aliphatic rings. The van der Waals surface area contributed by atoms with Gasteiger partial charge in [-0.1, -0.05) is 6.07 Å². The molecule has 1 heterocycles. The highest BCUT2D eigenvalue weighted by molar-refractivity contribution is 6.28. The number of carbonyl (C=O) groups is 1. The molecule has 0 spiro atoms. The fourth-order valence-corrected chi connectivity index (χ4v) is 3.51. The molecule has 0 aliphatic heterocycles. The van der Waals surface area contributed by atoms with Gasteiger partial charge in [-0.3, -0.25) is 9.78 Å². The highest BCUT2D eigenvalue weighted by Crippen LogP contribution is 2.39. The highest BCUT2D eigenvalue weighted by atomic mass is 35.5. The van der Waals surface area contributed by atoms with Crippen LogP contribution in [0.15, 0.2) is 42.6 Å². The van der Waals surface area contributed by atoms with Crippen molar-refractivity contribution in [1.29, 1.82) is 0 Å². The number of benzene rings is 2. The number of aromatic nitrogens is 1. The molecule has 1 atom stereocenters. The lowest BCUT2D eigenvalue weighted by Crippen LogP contribution is -2.17. The molecule has 0 radical (unpaired) electrons. The SMILES string of the molecule is COc1ccc(C(C(=O)CCl)c2nccc3cc(OC)c(OC)cc23)cc1OC. The first-order valence-corrected chi connectivity index (χ1v) is 9.42. The summed E-state index contributed by atoms with van der Waals surface area (Å²) in [5.74, 6) is 1.26. The number of ketones is 1. The summed E-state index contributed by atoms with van der Waals surface area (Å²) in [4.78, 5) is 17.4. The van der Waals surface area contributed by atoms with E-state index in [0.717, 1.165) is 10.8 Å². The molecule has 3 rings (SSSR count). The number of alkyl halides is 1. The standard InChI is InChI=1S/C22H22ClNO5/c1-26-17-6-5-14(10-18(17)27-2)21(16(25)12-23)22-15-11-20(29-4)19(28-3)9-13(15)7-8-24-22/h5-11,21H,12H2,1-4H3. The minimum absolute atomic E-state index is 0.148. The second-order valence-electron chi connectivity index (χ2n) is 6.27. The van der Waals surface area contributed by atoms with Crippen molar-refractivity contribution in [1.82, 2.24) is 4.98 Å². The molecular weight excluding hydrogens is 394 g/mol. The van der Waals surface area contributed by atoms with Gasteiger partial charge in [0.15, 0.2) is 28.8 Å². The van der Waals surface area contributed by atoms with Crippen molar-refractivity contribution in [3.63, 3.8) is 0 Å². The molecule has 0 N–H and O–H groups in total. The smallest absolute Gasteiger partial charge is 0.161 e. The Morgan fingerprint density at radius 2 is 1.52 bits per heavy atom. The fourth-order valence-electron chi connectivity index (χ4n) is 3.36. The second-order valence-corrected chi connectivity index (χ2v) is 6.54. The second kappa shape index (κ2) is 9.01. The molecule has 0 fully saturated rings. The van der Waals surface area contributed by atoms with Gasteiger partial charge in [-0.15, -0.1) is 11.6 Å². The van der Waals surface area contributed by atoms with E-state index >= 15 is 0 Å². The first kappa shape index (κ1) is 20.7. The topological polar surface area (TPSA) is 66.9 Å². The van der Waals surface area contributed by atoms with E-state index in [-0.39, 0.29) is 11.7 Å². The average Bonchev–Trinajstić information content (AvgIpc) is 2.77. The number of methoxy groups -OCH3 is 4. The van der Waals surface area contributed by atoms with Crippen LogP contribution in [0.25, 0.3) is 10.8 Å². The van der Waals surface area contributed by atoms with E-state index in [9.17, 15) is 4.79 Å². The highest BCUT2D eigenvalue weighted by Gasteiger charge is 2.27. The van der Waals surface area contributed by atoms with Crippen molar-refractivity contribution in [3.8, 4) is 23.0 Å². The molecule has 6 nitrogen and oxygen atoms in total. The van der Waals surface area contributed by atoms with Crippen molar-refractivity contribution >= 4 is 28.2 Å². The van der Waals surface area contributed by atoms with Crippen molar-refractivity contribution < 1.29 is 23.7 Å². The Morgan fingerprint density at radius 1 is 0.897 bits per heavy atom. The van der Waals surface area contributed by atoms with Crippen LogP contribution in [0.3, 0.4) is 0 Å². The van der Waals surface area contributed by atoms with Gasteiger partial charge in [0, 0.05) is 11.6 Å². The molecule has 0 saturated heterocycles. The van der Waals surface area contributed by atoms with Gasteiger partial charge in [-0.05, 0) is 41.3 Å². The zero-order valence-corrected chi connectivity index (χ0v) is 17.4. The third kappa shape index (κ3) is 3.93. The van der Waals surface area contributed by atoms with Crippen LogP contribution in [0, 0.1) is 0 Å². The Labute approximate surface area is 174 Å². The summed E-state index contributed by atoms with van der Waals surface area (Å²) in [6, 6.07) is 10.9. The lowest BCUT2D eigenvalue weighted by molar-refractivity contribution is -0.117. The van der Waals surface area contributed by atoms with Crippen LogP contribution in [0.5, 0.6) is 23.0 Å². The predicted octanol–water partition coefficient (Wildman–Crippen LogP) is 4.21. The van der Waals surface area contributed by atoms with Gasteiger partial charge < -0.3 is 18.9 Å². The molecule has 7 heteroatoms. The van der Waals surface area contributed by atoms with Gasteiger partial charge in [-0.2, -0.15) is 0 Å². The first-order chi connectivity index (χ1) is 14.1. The number of ether oxygens (including phenoxy) is 4. The number of Topliss-reactive ketones (excluding diaryl/α,β-unsaturated/α-hetero) is 1. The van der Waals surface area contributed by atoms with Crippen LogP contribution in [0.4, 0.5) is 0 Å². The number of fused-ring (bicyclic) bond motifs is 1. The van der Waals surface area contributed by atoms with Crippen LogP contribution in [-0.4, -0.2) is 45.1 Å². The van der Waals surface area contributed by atoms with Gasteiger partial charge in [0.1, 0.15) is 0 Å². The molecule has 0 aliphatic carbocycles. The number of hydrogen-bond acceptors (Lipinski definition) is 6. The summed E-state index contributed by atoms with van der Waals surface area (Å²) in [7, 11) is 6.25. The van der Waals surface area contributed by atoms with Gasteiger partial charge in [0.2, 0.25) is 0 Å². The Balaban J connectivity index is 2.25. The van der Waals surface area contributed by atoms with E-state index in [1.165, 1.54) is 0 Å². The Hall–Kier alpha value is -2.99. The van der Waals surface area contributed by atoms with E-state index in [1.54, 1.807) is 46.8 Å². The summed E-state index contributed by atoms with van der Waals surface area (Å²) in [5.41, 5.74) is 1.30. The lowest BCUT2D eigenvalue weighted by Gasteiger charge is -2.19. The van der Waals surface area contributed by atoms with E-state index in [1.807, 2.05) is 24.3 Å². The predicted molar refractivity (Wildman–Crippen MR) is 112 cm³/mol. The molecule has 1 unspecified atom stereocenters. The van der Waals surface area contributed by atoms with Crippen molar-refractivity contribution in [3.05, 3.63) is 53.9 Å². The number of rotatable bonds is 8. The normalized spacial score (nSPS) is 11.8. The fraction of sp³-hybridized carbons (Fsp3) is 0.273. The third-order valence-corrected chi connectivity index (χ3v) is 5.03. The van der Waals surface area contributed by atoms with E-state index in [0.29, 0.717) is 34.3 Å². The maximum Gasteiger partial charge on any atom is 0.161 e. The van der Waals surface area contributed by atoms with E-state index in [2.05, 4.69) is 4.98 Å². The van der Waals surface area contributed by atoms with Crippen LogP contribution in [0.2, 0.25) is 0 Å². The van der Waals surface area contributed by atoms with E-state index < -0.39 is 5.92 Å². The number of pyridine rings is 1. The summed E-state index contributed by atoms with van der Waals surface area (Å²) < 4.78 is 21.5. The van der Waals surface area contributed by atoms with Crippen LogP contribution >= 0.6 is 11.6 Å². The summed E-state index contributed by atoms with van der Waals surface area (Å²) in [5, 5.41) is 1.66. The van der Waals surface area contributed by atoms with Crippen LogP contribution < -0.4 is 18.9 Å². The maximum atomic E-state index is 12.9. The molecule has 0 bridgehead atoms. The summed E-state index contributed by atoms with van der Waals surface area (Å²) in [6.45, 7) is 0. The lowest BCUT2D eigenvalue weighted by atomic mass is 9.88. The molecule has 1 aromatic heterocycles. The molecule has 0 saturated carbocycles. The molecule has 0 amide bonds. The molecule has 29 heavy (non-hydrogen) atoms. The van der Waals surface area contributed by atoms with Gasteiger partial charge in [-0.25, -0.2) is 0 Å². The molecule has 3 aromatic rings. The quantitative estimate of drug-likeness (QED) is 0.513. The first-order valence-electron chi connectivity index (χ1n) is 8.89. The van der Waals surface area contributed by atoms with Gasteiger partial charge in [0.05, 0.1) is 45.9 Å². The monoisotopic (exact) mass is 415 g/mol. The minimum Gasteiger partial charge on any atom is -0.493 e. The molecule has 152 valence electrons. The zero-order chi connectivity index (χ0) is 21.0. The number of hydrogen-bond donors (Lipinski definition) is 0. The Kier molecular flexibility index (Phi) is 6.44. The summed E-state index contributed by atoms with van der Waals surface area (Å²) >= 11 is 5.96. The van der Waals surface area contributed by atoms with Crippen LogP contribution in [-0.2, 0) is 4.79 Å². The third-order valence-electron chi connectivity index (χ3n) is 4.77.